The first-order valence-corrected chi connectivity index (χ1v) is 3.50. The molecule has 0 aromatic rings. The van der Waals surface area contributed by atoms with Crippen LogP contribution in [0.3, 0.4) is 0 Å². The zero-order chi connectivity index (χ0) is 5.98. The monoisotopic (exact) mass is 131 g/mol. The normalized spacial score (nSPS) is 28.6. The minimum absolute atomic E-state index is 0.425. The topological polar surface area (TPSA) is 47.9 Å². The summed E-state index contributed by atoms with van der Waals surface area (Å²) in [7, 11) is 0. The van der Waals surface area contributed by atoms with Crippen LogP contribution >= 0.6 is 11.9 Å². The summed E-state index contributed by atoms with van der Waals surface area (Å²) in [6.45, 7) is 2.06. The van der Waals surface area contributed by atoms with Gasteiger partial charge in [0.1, 0.15) is 0 Å². The van der Waals surface area contributed by atoms with Gasteiger partial charge in [-0.15, -0.1) is 0 Å². The summed E-state index contributed by atoms with van der Waals surface area (Å²) in [5, 5.41) is 10.0. The molecular formula is C4H9N3S. The summed E-state index contributed by atoms with van der Waals surface area (Å²) in [6.07, 6.45) is 0. The van der Waals surface area contributed by atoms with Gasteiger partial charge in [-0.25, -0.2) is 0 Å². The molecule has 3 nitrogen and oxygen atoms in total. The van der Waals surface area contributed by atoms with Crippen LogP contribution in [-0.2, 0) is 0 Å². The molecule has 1 saturated heterocycles. The summed E-state index contributed by atoms with van der Waals surface area (Å²) in [6, 6.07) is 0.439. The molecule has 1 aliphatic heterocycles. The van der Waals surface area contributed by atoms with Crippen molar-refractivity contribution >= 4 is 17.9 Å². The molecule has 0 saturated carbocycles. The molecule has 0 aliphatic carbocycles. The molecule has 0 amide bonds. The van der Waals surface area contributed by atoms with Crippen molar-refractivity contribution in [3.8, 4) is 0 Å². The Hall–Kier alpha value is -0.380. The van der Waals surface area contributed by atoms with Gasteiger partial charge in [-0.1, -0.05) is 0 Å². The number of hydrogen-bond donors (Lipinski definition) is 3. The molecule has 0 aromatic carbocycles. The van der Waals surface area contributed by atoms with Gasteiger partial charge in [0.2, 0.25) is 0 Å². The molecule has 3 N–H and O–H groups in total. The van der Waals surface area contributed by atoms with E-state index in [1.54, 1.807) is 11.9 Å². The Bertz CT molecular complexity index is 103. The second kappa shape index (κ2) is 2.26. The van der Waals surface area contributed by atoms with Crippen LogP contribution in [0.1, 0.15) is 6.92 Å². The first kappa shape index (κ1) is 5.75. The highest BCUT2D eigenvalue weighted by Gasteiger charge is 2.09. The fraction of sp³-hybridized carbons (Fsp3) is 0.750. The van der Waals surface area contributed by atoms with E-state index in [2.05, 4.69) is 17.0 Å². The Morgan fingerprint density at radius 1 is 1.88 bits per heavy atom. The van der Waals surface area contributed by atoms with Gasteiger partial charge in [0, 0.05) is 11.8 Å². The zero-order valence-corrected chi connectivity index (χ0v) is 5.51. The van der Waals surface area contributed by atoms with Crippen LogP contribution in [0.25, 0.3) is 0 Å². The maximum Gasteiger partial charge on any atom is 0.198 e. The van der Waals surface area contributed by atoms with Crippen molar-refractivity contribution in [3.63, 3.8) is 0 Å². The Balaban J connectivity index is 2.34. The largest absolute Gasteiger partial charge is 0.353 e. The molecule has 0 radical (unpaired) electrons. The van der Waals surface area contributed by atoms with Gasteiger partial charge < -0.3 is 10.0 Å². The maximum atomic E-state index is 7.08. The molecule has 0 spiro atoms. The molecule has 4 heteroatoms. The molecule has 1 unspecified atom stereocenters. The summed E-state index contributed by atoms with van der Waals surface area (Å²) in [5.41, 5.74) is 0. The third-order valence-electron chi connectivity index (χ3n) is 0.898. The van der Waals surface area contributed by atoms with Crippen LogP contribution < -0.4 is 10.0 Å². The van der Waals surface area contributed by atoms with Crippen LogP contribution in [0.2, 0.25) is 0 Å². The van der Waals surface area contributed by atoms with Gasteiger partial charge in [-0.2, -0.15) is 0 Å². The van der Waals surface area contributed by atoms with E-state index >= 15 is 0 Å². The molecule has 0 bridgehead atoms. The SMILES string of the molecule is CC1CSNC(=N)N1. The number of rotatable bonds is 0. The quantitative estimate of drug-likeness (QED) is 0.410. The molecule has 1 atom stereocenters. The summed E-state index contributed by atoms with van der Waals surface area (Å²) >= 11 is 1.57. The lowest BCUT2D eigenvalue weighted by molar-refractivity contribution is 0.717. The van der Waals surface area contributed by atoms with Crippen molar-refractivity contribution in [1.29, 1.82) is 5.41 Å². The zero-order valence-electron chi connectivity index (χ0n) is 4.69. The van der Waals surface area contributed by atoms with Crippen molar-refractivity contribution in [1.82, 2.24) is 10.0 Å². The predicted octanol–water partition coefficient (Wildman–Crippen LogP) is 0.151. The van der Waals surface area contributed by atoms with Crippen LogP contribution in [0.5, 0.6) is 0 Å². The first-order valence-electron chi connectivity index (χ1n) is 2.52. The Labute approximate surface area is 52.9 Å². The van der Waals surface area contributed by atoms with E-state index in [1.807, 2.05) is 0 Å². The van der Waals surface area contributed by atoms with E-state index in [9.17, 15) is 0 Å². The van der Waals surface area contributed by atoms with Crippen LogP contribution in [-0.4, -0.2) is 17.8 Å². The Morgan fingerprint density at radius 2 is 2.62 bits per heavy atom. The van der Waals surface area contributed by atoms with Gasteiger partial charge in [0.15, 0.2) is 5.96 Å². The Morgan fingerprint density at radius 3 is 3.00 bits per heavy atom. The van der Waals surface area contributed by atoms with Crippen molar-refractivity contribution < 1.29 is 0 Å². The van der Waals surface area contributed by atoms with Crippen molar-refractivity contribution in [3.05, 3.63) is 0 Å². The predicted molar refractivity (Wildman–Crippen MR) is 35.9 cm³/mol. The standard InChI is InChI=1S/C4H9N3S/c1-3-2-8-7-4(5)6-3/h3H,2H2,1H3,(H3,5,6,7). The van der Waals surface area contributed by atoms with Gasteiger partial charge >= 0.3 is 0 Å². The van der Waals surface area contributed by atoms with Gasteiger partial charge in [-0.05, 0) is 18.9 Å². The average Bonchev–Trinajstić information content (AvgIpc) is 1.64. The van der Waals surface area contributed by atoms with Crippen LogP contribution in [0, 0.1) is 5.41 Å². The minimum atomic E-state index is 0.425. The van der Waals surface area contributed by atoms with E-state index in [-0.39, 0.29) is 0 Å². The lowest BCUT2D eigenvalue weighted by Gasteiger charge is -2.21. The van der Waals surface area contributed by atoms with E-state index in [0.717, 1.165) is 5.75 Å². The molecule has 8 heavy (non-hydrogen) atoms. The minimum Gasteiger partial charge on any atom is -0.353 e. The molecule has 1 fully saturated rings. The smallest absolute Gasteiger partial charge is 0.198 e. The van der Waals surface area contributed by atoms with Crippen molar-refractivity contribution in [2.24, 2.45) is 0 Å². The lowest BCUT2D eigenvalue weighted by atomic mass is 10.4. The number of hydrogen-bond acceptors (Lipinski definition) is 2. The van der Waals surface area contributed by atoms with E-state index in [1.165, 1.54) is 0 Å². The van der Waals surface area contributed by atoms with Crippen LogP contribution in [0.4, 0.5) is 0 Å². The summed E-state index contributed by atoms with van der Waals surface area (Å²) in [5.74, 6) is 1.45. The molecule has 1 rings (SSSR count). The van der Waals surface area contributed by atoms with Crippen LogP contribution in [0.15, 0.2) is 0 Å². The fourth-order valence-electron chi connectivity index (χ4n) is 0.556. The Kier molecular flexibility index (Phi) is 1.62. The third kappa shape index (κ3) is 1.30. The summed E-state index contributed by atoms with van der Waals surface area (Å²) in [4.78, 5) is 0. The number of guanidine groups is 1. The van der Waals surface area contributed by atoms with E-state index in [0.29, 0.717) is 12.0 Å². The van der Waals surface area contributed by atoms with E-state index in [4.69, 9.17) is 5.41 Å². The van der Waals surface area contributed by atoms with Crippen molar-refractivity contribution in [2.45, 2.75) is 13.0 Å². The first-order chi connectivity index (χ1) is 3.79. The molecule has 1 heterocycles. The summed E-state index contributed by atoms with van der Waals surface area (Å²) < 4.78 is 2.80. The number of nitrogens with one attached hydrogen (secondary N) is 3. The highest BCUT2D eigenvalue weighted by molar-refractivity contribution is 7.98. The maximum absolute atomic E-state index is 7.08. The third-order valence-corrected chi connectivity index (χ3v) is 1.91. The molecule has 0 aromatic heterocycles. The fourth-order valence-corrected chi connectivity index (χ4v) is 1.18. The van der Waals surface area contributed by atoms with Gasteiger partial charge in [0.25, 0.3) is 0 Å². The molecule has 1 aliphatic rings. The average molecular weight is 131 g/mol. The highest BCUT2D eigenvalue weighted by atomic mass is 32.2. The van der Waals surface area contributed by atoms with Crippen molar-refractivity contribution in [2.75, 3.05) is 5.75 Å². The van der Waals surface area contributed by atoms with E-state index < -0.39 is 0 Å². The highest BCUT2D eigenvalue weighted by Crippen LogP contribution is 2.00. The molecular weight excluding hydrogens is 122 g/mol. The molecule has 46 valence electrons. The second-order valence-electron chi connectivity index (χ2n) is 1.83. The van der Waals surface area contributed by atoms with Gasteiger partial charge in [-0.3, -0.25) is 5.41 Å². The lowest BCUT2D eigenvalue weighted by Crippen LogP contribution is -2.45. The second-order valence-corrected chi connectivity index (χ2v) is 2.66. The van der Waals surface area contributed by atoms with Gasteiger partial charge in [0.05, 0.1) is 0 Å².